The predicted octanol–water partition coefficient (Wildman–Crippen LogP) is 1.63. The van der Waals surface area contributed by atoms with E-state index in [1.165, 1.54) is 0 Å². The quantitative estimate of drug-likeness (QED) is 0.850. The van der Waals surface area contributed by atoms with E-state index in [1.54, 1.807) is 17.0 Å². The van der Waals surface area contributed by atoms with Gasteiger partial charge in [0.25, 0.3) is 5.56 Å². The van der Waals surface area contributed by atoms with Gasteiger partial charge in [-0.2, -0.15) is 0 Å². The maximum Gasteiger partial charge on any atom is 0.293 e. The van der Waals surface area contributed by atoms with Crippen LogP contribution in [0.1, 0.15) is 40.2 Å². The van der Waals surface area contributed by atoms with E-state index in [9.17, 15) is 4.79 Å². The summed E-state index contributed by atoms with van der Waals surface area (Å²) in [5, 5.41) is 0. The van der Waals surface area contributed by atoms with Gasteiger partial charge in [-0.15, -0.1) is 0 Å². The van der Waals surface area contributed by atoms with E-state index < -0.39 is 0 Å². The standard InChI is InChI=1S/C14H26N4O/c1-10(2)12(15)6-8-17(5)13-14(19)18(11(3)4)9-7-16-13/h7,9-12H,6,8,15H2,1-5H3. The van der Waals surface area contributed by atoms with Crippen molar-refractivity contribution in [3.63, 3.8) is 0 Å². The molecule has 5 nitrogen and oxygen atoms in total. The van der Waals surface area contributed by atoms with Crippen molar-refractivity contribution in [2.45, 2.75) is 46.2 Å². The first-order valence-corrected chi connectivity index (χ1v) is 6.88. The monoisotopic (exact) mass is 266 g/mol. The molecule has 0 aliphatic carbocycles. The summed E-state index contributed by atoms with van der Waals surface area (Å²) in [7, 11) is 1.89. The summed E-state index contributed by atoms with van der Waals surface area (Å²) in [6, 6.07) is 0.291. The van der Waals surface area contributed by atoms with Gasteiger partial charge in [0.15, 0.2) is 5.82 Å². The van der Waals surface area contributed by atoms with Gasteiger partial charge in [-0.05, 0) is 26.2 Å². The third kappa shape index (κ3) is 4.06. The topological polar surface area (TPSA) is 64.2 Å². The van der Waals surface area contributed by atoms with Crippen molar-refractivity contribution in [1.82, 2.24) is 9.55 Å². The van der Waals surface area contributed by atoms with Crippen LogP contribution in [-0.4, -0.2) is 29.2 Å². The Bertz CT molecular complexity index is 453. The second-order valence-electron chi connectivity index (χ2n) is 5.68. The molecule has 0 bridgehead atoms. The fraction of sp³-hybridized carbons (Fsp3) is 0.714. The summed E-state index contributed by atoms with van der Waals surface area (Å²) in [6.45, 7) is 8.93. The molecule has 0 aromatic carbocycles. The molecule has 0 radical (unpaired) electrons. The molecule has 108 valence electrons. The highest BCUT2D eigenvalue weighted by molar-refractivity contribution is 5.34. The van der Waals surface area contributed by atoms with Gasteiger partial charge >= 0.3 is 0 Å². The van der Waals surface area contributed by atoms with E-state index in [2.05, 4.69) is 18.8 Å². The minimum Gasteiger partial charge on any atom is -0.355 e. The first kappa shape index (κ1) is 15.7. The van der Waals surface area contributed by atoms with Crippen LogP contribution in [0.25, 0.3) is 0 Å². The maximum absolute atomic E-state index is 12.3. The average molecular weight is 266 g/mol. The minimum atomic E-state index is -0.0434. The SMILES string of the molecule is CC(C)C(N)CCN(C)c1nccn(C(C)C)c1=O. The fourth-order valence-corrected chi connectivity index (χ4v) is 1.86. The lowest BCUT2D eigenvalue weighted by molar-refractivity contribution is 0.465. The molecule has 0 saturated heterocycles. The molecule has 1 rings (SSSR count). The van der Waals surface area contributed by atoms with E-state index >= 15 is 0 Å². The molecule has 1 atom stereocenters. The third-order valence-corrected chi connectivity index (χ3v) is 3.42. The van der Waals surface area contributed by atoms with Crippen molar-refractivity contribution < 1.29 is 0 Å². The molecule has 0 aliphatic heterocycles. The van der Waals surface area contributed by atoms with Crippen molar-refractivity contribution in [3.8, 4) is 0 Å². The summed E-state index contributed by atoms with van der Waals surface area (Å²) in [4.78, 5) is 18.3. The van der Waals surface area contributed by atoms with Crippen LogP contribution in [0.15, 0.2) is 17.2 Å². The van der Waals surface area contributed by atoms with Crippen molar-refractivity contribution in [1.29, 1.82) is 0 Å². The van der Waals surface area contributed by atoms with Crippen LogP contribution in [0.3, 0.4) is 0 Å². The van der Waals surface area contributed by atoms with Crippen LogP contribution in [0.4, 0.5) is 5.82 Å². The van der Waals surface area contributed by atoms with E-state index in [1.807, 2.05) is 25.8 Å². The van der Waals surface area contributed by atoms with Crippen LogP contribution in [0, 0.1) is 5.92 Å². The van der Waals surface area contributed by atoms with Crippen LogP contribution in [0.2, 0.25) is 0 Å². The number of hydrogen-bond donors (Lipinski definition) is 1. The first-order valence-electron chi connectivity index (χ1n) is 6.88. The van der Waals surface area contributed by atoms with Gasteiger partial charge in [-0.1, -0.05) is 13.8 Å². The van der Waals surface area contributed by atoms with Crippen molar-refractivity contribution >= 4 is 5.82 Å². The van der Waals surface area contributed by atoms with Gasteiger partial charge in [-0.25, -0.2) is 4.98 Å². The summed E-state index contributed by atoms with van der Waals surface area (Å²) in [5.41, 5.74) is 5.99. The number of rotatable bonds is 6. The molecule has 5 heteroatoms. The van der Waals surface area contributed by atoms with Gasteiger partial charge < -0.3 is 15.2 Å². The number of anilines is 1. The highest BCUT2D eigenvalue weighted by Crippen LogP contribution is 2.08. The summed E-state index contributed by atoms with van der Waals surface area (Å²) >= 11 is 0. The van der Waals surface area contributed by atoms with Gasteiger partial charge in [-0.3, -0.25) is 4.79 Å². The van der Waals surface area contributed by atoms with Crippen LogP contribution in [0.5, 0.6) is 0 Å². The third-order valence-electron chi connectivity index (χ3n) is 3.42. The number of nitrogens with zero attached hydrogens (tertiary/aromatic N) is 3. The number of nitrogens with two attached hydrogens (primary N) is 1. The van der Waals surface area contributed by atoms with Gasteiger partial charge in [0.05, 0.1) is 0 Å². The normalized spacial score (nSPS) is 13.1. The second-order valence-corrected chi connectivity index (χ2v) is 5.68. The highest BCUT2D eigenvalue weighted by Gasteiger charge is 2.14. The molecule has 19 heavy (non-hydrogen) atoms. The van der Waals surface area contributed by atoms with Crippen LogP contribution >= 0.6 is 0 Å². The Labute approximate surface area is 115 Å². The van der Waals surface area contributed by atoms with Gasteiger partial charge in [0.2, 0.25) is 0 Å². The Morgan fingerprint density at radius 3 is 2.53 bits per heavy atom. The molecule has 0 aliphatic rings. The second kappa shape index (κ2) is 6.70. The Balaban J connectivity index is 2.80. The van der Waals surface area contributed by atoms with E-state index in [0.29, 0.717) is 11.7 Å². The Morgan fingerprint density at radius 2 is 2.00 bits per heavy atom. The summed E-state index contributed by atoms with van der Waals surface area (Å²) < 4.78 is 1.70. The molecule has 1 heterocycles. The average Bonchev–Trinajstić information content (AvgIpc) is 2.35. The van der Waals surface area contributed by atoms with Crippen molar-refractivity contribution in [3.05, 3.63) is 22.7 Å². The minimum absolute atomic E-state index is 0.0434. The highest BCUT2D eigenvalue weighted by atomic mass is 16.1. The molecular weight excluding hydrogens is 240 g/mol. The molecule has 0 amide bonds. The summed E-state index contributed by atoms with van der Waals surface area (Å²) in [6.07, 6.45) is 4.26. The maximum atomic E-state index is 12.3. The van der Waals surface area contributed by atoms with Crippen molar-refractivity contribution in [2.24, 2.45) is 11.7 Å². The Hall–Kier alpha value is -1.36. The molecule has 0 spiro atoms. The molecule has 0 fully saturated rings. The smallest absolute Gasteiger partial charge is 0.293 e. The molecule has 1 aromatic heterocycles. The zero-order chi connectivity index (χ0) is 14.6. The zero-order valence-corrected chi connectivity index (χ0v) is 12.6. The molecule has 2 N–H and O–H groups in total. The van der Waals surface area contributed by atoms with Gasteiger partial charge in [0.1, 0.15) is 0 Å². The van der Waals surface area contributed by atoms with E-state index in [0.717, 1.165) is 13.0 Å². The van der Waals surface area contributed by atoms with E-state index in [4.69, 9.17) is 5.73 Å². The van der Waals surface area contributed by atoms with E-state index in [-0.39, 0.29) is 17.6 Å². The van der Waals surface area contributed by atoms with Gasteiger partial charge in [0, 0.05) is 38.1 Å². The first-order chi connectivity index (χ1) is 8.84. The lowest BCUT2D eigenvalue weighted by Gasteiger charge is -2.22. The summed E-state index contributed by atoms with van der Waals surface area (Å²) in [5.74, 6) is 0.941. The zero-order valence-electron chi connectivity index (χ0n) is 12.6. The van der Waals surface area contributed by atoms with Crippen molar-refractivity contribution in [2.75, 3.05) is 18.5 Å². The van der Waals surface area contributed by atoms with Crippen LogP contribution < -0.4 is 16.2 Å². The fourth-order valence-electron chi connectivity index (χ4n) is 1.86. The predicted molar refractivity (Wildman–Crippen MR) is 79.6 cm³/mol. The largest absolute Gasteiger partial charge is 0.355 e. The lowest BCUT2D eigenvalue weighted by atomic mass is 10.0. The number of hydrogen-bond acceptors (Lipinski definition) is 4. The molecule has 1 aromatic rings. The number of aromatic nitrogens is 2. The lowest BCUT2D eigenvalue weighted by Crippen LogP contribution is -2.35. The van der Waals surface area contributed by atoms with Crippen LogP contribution in [-0.2, 0) is 0 Å². The molecule has 0 saturated carbocycles. The molecule has 1 unspecified atom stereocenters. The molecular formula is C14H26N4O. The Morgan fingerprint density at radius 1 is 1.37 bits per heavy atom. The Kier molecular flexibility index (Phi) is 5.54.